The summed E-state index contributed by atoms with van der Waals surface area (Å²) in [4.78, 5) is 3.79. The van der Waals surface area contributed by atoms with E-state index in [1.807, 2.05) is 0 Å². The van der Waals surface area contributed by atoms with Crippen LogP contribution < -0.4 is 0 Å². The van der Waals surface area contributed by atoms with Crippen molar-refractivity contribution in [2.75, 3.05) is 0 Å². The number of fused-ring (bicyclic) bond motifs is 1. The molecule has 5 heteroatoms. The monoisotopic (exact) mass is 109 g/mol. The molecule has 0 fully saturated rings. The molecule has 1 aromatic rings. The van der Waals surface area contributed by atoms with Crippen LogP contribution in [0.15, 0.2) is 16.6 Å². The Balaban J connectivity index is 2.67. The van der Waals surface area contributed by atoms with Crippen LogP contribution in [0.2, 0.25) is 0 Å². The van der Waals surface area contributed by atoms with Crippen molar-refractivity contribution >= 4 is 5.95 Å². The van der Waals surface area contributed by atoms with Gasteiger partial charge in [-0.1, -0.05) is 0 Å². The summed E-state index contributed by atoms with van der Waals surface area (Å²) >= 11 is 0. The number of hydrogen-bond donors (Lipinski definition) is 0. The highest BCUT2D eigenvalue weighted by Crippen LogP contribution is 2.12. The van der Waals surface area contributed by atoms with Crippen LogP contribution in [0.25, 0.3) is 0 Å². The SMILES string of the molecule is c1nc2n(n1)CN=N2. The summed E-state index contributed by atoms with van der Waals surface area (Å²) in [5, 5.41) is 11.2. The van der Waals surface area contributed by atoms with Gasteiger partial charge in [-0.3, -0.25) is 0 Å². The highest BCUT2D eigenvalue weighted by molar-refractivity contribution is 5.12. The first-order valence-electron chi connectivity index (χ1n) is 2.22. The minimum absolute atomic E-state index is 0.523. The van der Waals surface area contributed by atoms with Gasteiger partial charge < -0.3 is 0 Å². The van der Waals surface area contributed by atoms with E-state index in [1.165, 1.54) is 6.33 Å². The Morgan fingerprint density at radius 1 is 1.62 bits per heavy atom. The van der Waals surface area contributed by atoms with Gasteiger partial charge in [-0.2, -0.15) is 15.2 Å². The van der Waals surface area contributed by atoms with Crippen LogP contribution >= 0.6 is 0 Å². The second-order valence-electron chi connectivity index (χ2n) is 1.44. The lowest BCUT2D eigenvalue weighted by Crippen LogP contribution is -1.89. The lowest BCUT2D eigenvalue weighted by molar-refractivity contribution is 0.675. The fourth-order valence-corrected chi connectivity index (χ4v) is 0.590. The van der Waals surface area contributed by atoms with Crippen LogP contribution in [0.5, 0.6) is 0 Å². The molecular formula is C3H3N5. The average molecular weight is 109 g/mol. The summed E-state index contributed by atoms with van der Waals surface area (Å²) in [5.41, 5.74) is 0. The fraction of sp³-hybridized carbons (Fsp3) is 0.333. The second kappa shape index (κ2) is 1.12. The lowest BCUT2D eigenvalue weighted by atomic mass is 11.0. The molecule has 0 bridgehead atoms. The zero-order valence-corrected chi connectivity index (χ0v) is 4.02. The highest BCUT2D eigenvalue weighted by atomic mass is 15.5. The summed E-state index contributed by atoms with van der Waals surface area (Å²) in [6.07, 6.45) is 1.47. The van der Waals surface area contributed by atoms with E-state index in [9.17, 15) is 0 Å². The Kier molecular flexibility index (Phi) is 0.518. The predicted octanol–water partition coefficient (Wildman–Crippen LogP) is 0.333. The molecule has 5 nitrogen and oxygen atoms in total. The Bertz CT molecular complexity index is 223. The molecule has 0 aromatic carbocycles. The van der Waals surface area contributed by atoms with Gasteiger partial charge >= 0.3 is 0 Å². The largest absolute Gasteiger partial charge is 0.268 e. The van der Waals surface area contributed by atoms with Crippen molar-refractivity contribution in [3.8, 4) is 0 Å². The molecule has 0 radical (unpaired) electrons. The Hall–Kier alpha value is -1.26. The Labute approximate surface area is 45.1 Å². The van der Waals surface area contributed by atoms with Crippen LogP contribution in [-0.2, 0) is 6.67 Å². The van der Waals surface area contributed by atoms with Gasteiger partial charge in [-0.25, -0.2) is 4.68 Å². The van der Waals surface area contributed by atoms with Crippen LogP contribution in [0.4, 0.5) is 5.95 Å². The topological polar surface area (TPSA) is 55.4 Å². The van der Waals surface area contributed by atoms with Gasteiger partial charge in [0.1, 0.15) is 6.33 Å². The van der Waals surface area contributed by atoms with E-state index in [1.54, 1.807) is 4.68 Å². The van der Waals surface area contributed by atoms with Crippen LogP contribution in [0.3, 0.4) is 0 Å². The molecule has 0 unspecified atom stereocenters. The molecule has 0 spiro atoms. The number of azo groups is 1. The summed E-state index contributed by atoms with van der Waals surface area (Å²) in [6.45, 7) is 0.523. The molecule has 1 aromatic heterocycles. The number of hydrogen-bond acceptors (Lipinski definition) is 4. The summed E-state index contributed by atoms with van der Waals surface area (Å²) < 4.78 is 1.62. The minimum Gasteiger partial charge on any atom is -0.205 e. The van der Waals surface area contributed by atoms with E-state index < -0.39 is 0 Å². The van der Waals surface area contributed by atoms with Crippen molar-refractivity contribution in [2.24, 2.45) is 10.2 Å². The normalized spacial score (nSPS) is 14.5. The van der Waals surface area contributed by atoms with Gasteiger partial charge in [0.2, 0.25) is 0 Å². The molecule has 8 heavy (non-hydrogen) atoms. The smallest absolute Gasteiger partial charge is 0.205 e. The maximum atomic E-state index is 3.81. The molecule has 1 aliphatic heterocycles. The highest BCUT2D eigenvalue weighted by Gasteiger charge is 2.05. The van der Waals surface area contributed by atoms with Gasteiger partial charge in [0.25, 0.3) is 5.95 Å². The van der Waals surface area contributed by atoms with Crippen molar-refractivity contribution < 1.29 is 0 Å². The summed E-state index contributed by atoms with van der Waals surface area (Å²) in [5.74, 6) is 0.602. The van der Waals surface area contributed by atoms with Crippen molar-refractivity contribution in [3.05, 3.63) is 6.33 Å². The van der Waals surface area contributed by atoms with Crippen LogP contribution in [-0.4, -0.2) is 14.8 Å². The van der Waals surface area contributed by atoms with E-state index >= 15 is 0 Å². The van der Waals surface area contributed by atoms with Crippen molar-refractivity contribution in [1.82, 2.24) is 14.8 Å². The lowest BCUT2D eigenvalue weighted by Gasteiger charge is -1.81. The van der Waals surface area contributed by atoms with Gasteiger partial charge in [-0.15, -0.1) is 5.11 Å². The Morgan fingerprint density at radius 3 is 3.50 bits per heavy atom. The minimum atomic E-state index is 0.523. The zero-order valence-electron chi connectivity index (χ0n) is 4.02. The van der Waals surface area contributed by atoms with Crippen molar-refractivity contribution in [3.63, 3.8) is 0 Å². The van der Waals surface area contributed by atoms with E-state index in [2.05, 4.69) is 20.3 Å². The average Bonchev–Trinajstić information content (AvgIpc) is 2.15. The van der Waals surface area contributed by atoms with E-state index in [0.717, 1.165) is 0 Å². The molecule has 0 N–H and O–H groups in total. The van der Waals surface area contributed by atoms with Crippen molar-refractivity contribution in [1.29, 1.82) is 0 Å². The first-order valence-corrected chi connectivity index (χ1v) is 2.22. The van der Waals surface area contributed by atoms with Crippen molar-refractivity contribution in [2.45, 2.75) is 6.67 Å². The van der Waals surface area contributed by atoms with Gasteiger partial charge in [0.05, 0.1) is 0 Å². The molecule has 0 atom stereocenters. The third-order valence-corrected chi connectivity index (χ3v) is 0.952. The molecule has 2 rings (SSSR count). The molecule has 0 saturated carbocycles. The molecule has 0 aliphatic carbocycles. The number of aromatic nitrogens is 3. The maximum Gasteiger partial charge on any atom is 0.268 e. The van der Waals surface area contributed by atoms with E-state index in [4.69, 9.17) is 0 Å². The zero-order chi connectivity index (χ0) is 5.40. The standard InChI is InChI=1S/C3H3N5/c1-4-3-7-5-2-8(3)6-1/h1H,2H2. The molecule has 2 heterocycles. The van der Waals surface area contributed by atoms with Gasteiger partial charge in [0.15, 0.2) is 6.67 Å². The van der Waals surface area contributed by atoms with Gasteiger partial charge in [0, 0.05) is 0 Å². The predicted molar refractivity (Wildman–Crippen MR) is 24.5 cm³/mol. The molecule has 1 aliphatic rings. The Morgan fingerprint density at radius 2 is 2.62 bits per heavy atom. The quantitative estimate of drug-likeness (QED) is 0.482. The first kappa shape index (κ1) is 3.71. The molecule has 0 amide bonds. The number of rotatable bonds is 0. The van der Waals surface area contributed by atoms with E-state index in [-0.39, 0.29) is 0 Å². The van der Waals surface area contributed by atoms with E-state index in [0.29, 0.717) is 12.6 Å². The molecule has 40 valence electrons. The number of nitrogens with zero attached hydrogens (tertiary/aromatic N) is 5. The molecular weight excluding hydrogens is 106 g/mol. The van der Waals surface area contributed by atoms with Gasteiger partial charge in [-0.05, 0) is 0 Å². The molecule has 0 saturated heterocycles. The summed E-state index contributed by atoms with van der Waals surface area (Å²) in [7, 11) is 0. The second-order valence-corrected chi connectivity index (χ2v) is 1.44. The third-order valence-electron chi connectivity index (χ3n) is 0.952. The maximum absolute atomic E-state index is 3.81. The van der Waals surface area contributed by atoms with Crippen LogP contribution in [0, 0.1) is 0 Å². The fourth-order valence-electron chi connectivity index (χ4n) is 0.590. The summed E-state index contributed by atoms with van der Waals surface area (Å²) in [6, 6.07) is 0. The first-order chi connectivity index (χ1) is 3.97. The van der Waals surface area contributed by atoms with Crippen LogP contribution in [0.1, 0.15) is 0 Å². The third kappa shape index (κ3) is 0.305.